The topological polar surface area (TPSA) is 126 Å². The first-order valence-electron chi connectivity index (χ1n) is 10.6. The van der Waals surface area contributed by atoms with E-state index < -0.39 is 24.2 Å². The van der Waals surface area contributed by atoms with Crippen LogP contribution in [0.1, 0.15) is 24.5 Å². The van der Waals surface area contributed by atoms with E-state index in [2.05, 4.69) is 5.32 Å². The second kappa shape index (κ2) is 15.0. The van der Waals surface area contributed by atoms with Gasteiger partial charge in [-0.1, -0.05) is 24.3 Å². The Labute approximate surface area is 203 Å². The molecule has 2 aromatic rings. The number of aliphatic hydroxyl groups is 1. The first kappa shape index (κ1) is 27.2. The number of nitrogens with one attached hydrogen (secondary N) is 2. The van der Waals surface area contributed by atoms with Gasteiger partial charge in [0.2, 0.25) is 0 Å². The van der Waals surface area contributed by atoms with Crippen LogP contribution in [0, 0.1) is 0 Å². The lowest BCUT2D eigenvalue weighted by molar-refractivity contribution is -0.124. The molecule has 34 heavy (non-hydrogen) atoms. The quantitative estimate of drug-likeness (QED) is 0.144. The van der Waals surface area contributed by atoms with Crippen LogP contribution < -0.4 is 15.5 Å². The standard InChI is InChI=1S/C24H30N2O7S/c1-31-21(9-5-6-10-22(28)26-30)23(19-7-3-4-8-20(19)32-16-15-27)33-24(29)25-17-11-13-18(34-2)14-12-17/h3-4,6-8,10-14,21,23,27,30H,5,9,15-16H2,1-2H3,(H,25,29)(H,26,28)/b10-6+/t21-,23-/m0/s1. The average molecular weight is 491 g/mol. The molecule has 0 aliphatic rings. The molecule has 0 radical (unpaired) electrons. The number of hydrogen-bond donors (Lipinski definition) is 4. The molecule has 2 rings (SSSR count). The highest BCUT2D eigenvalue weighted by Gasteiger charge is 2.29. The molecule has 0 aliphatic carbocycles. The number of thioether (sulfide) groups is 1. The molecule has 9 nitrogen and oxygen atoms in total. The van der Waals surface area contributed by atoms with E-state index in [1.54, 1.807) is 54.2 Å². The van der Waals surface area contributed by atoms with Crippen LogP contribution in [0.3, 0.4) is 0 Å². The molecule has 0 heterocycles. The molecule has 2 aromatic carbocycles. The highest BCUT2D eigenvalue weighted by molar-refractivity contribution is 7.98. The summed E-state index contributed by atoms with van der Waals surface area (Å²) in [5, 5.41) is 20.5. The number of hydroxylamine groups is 1. The van der Waals surface area contributed by atoms with E-state index >= 15 is 0 Å². The Kier molecular flexibility index (Phi) is 12.0. The van der Waals surface area contributed by atoms with Gasteiger partial charge in [-0.3, -0.25) is 15.3 Å². The zero-order valence-electron chi connectivity index (χ0n) is 19.1. The van der Waals surface area contributed by atoms with Gasteiger partial charge in [-0.05, 0) is 49.4 Å². The van der Waals surface area contributed by atoms with Gasteiger partial charge in [-0.2, -0.15) is 0 Å². The number of methoxy groups -OCH3 is 1. The van der Waals surface area contributed by atoms with E-state index in [1.165, 1.54) is 18.7 Å². The van der Waals surface area contributed by atoms with Gasteiger partial charge >= 0.3 is 6.09 Å². The van der Waals surface area contributed by atoms with E-state index in [9.17, 15) is 9.59 Å². The molecular formula is C24H30N2O7S. The van der Waals surface area contributed by atoms with Crippen LogP contribution in [0.5, 0.6) is 5.75 Å². The Morgan fingerprint density at radius 2 is 1.88 bits per heavy atom. The van der Waals surface area contributed by atoms with Gasteiger partial charge in [0.1, 0.15) is 12.4 Å². The first-order valence-corrected chi connectivity index (χ1v) is 11.8. The number of ether oxygens (including phenoxy) is 3. The van der Waals surface area contributed by atoms with Crippen molar-refractivity contribution in [2.75, 3.05) is 31.9 Å². The number of carbonyl (C=O) groups is 2. The van der Waals surface area contributed by atoms with Crippen LogP contribution in [-0.2, 0) is 14.3 Å². The molecule has 2 amide bonds. The molecule has 0 saturated carbocycles. The molecule has 0 fully saturated rings. The van der Waals surface area contributed by atoms with Crippen LogP contribution in [0.25, 0.3) is 0 Å². The van der Waals surface area contributed by atoms with Gasteiger partial charge in [0.25, 0.3) is 5.91 Å². The smallest absolute Gasteiger partial charge is 0.412 e. The second-order valence-electron chi connectivity index (χ2n) is 7.02. The summed E-state index contributed by atoms with van der Waals surface area (Å²) >= 11 is 1.60. The summed E-state index contributed by atoms with van der Waals surface area (Å²) in [4.78, 5) is 25.0. The number of anilines is 1. The first-order chi connectivity index (χ1) is 16.5. The van der Waals surface area contributed by atoms with Crippen molar-refractivity contribution in [3.05, 3.63) is 66.2 Å². The van der Waals surface area contributed by atoms with Crippen LogP contribution in [0.15, 0.2) is 65.6 Å². The SMILES string of the molecule is CO[C@@H](CC/C=C/C(=O)NO)[C@@H](OC(=O)Nc1ccc(SC)cc1)c1ccccc1OCCO. The van der Waals surface area contributed by atoms with E-state index in [4.69, 9.17) is 24.5 Å². The highest BCUT2D eigenvalue weighted by Crippen LogP contribution is 2.33. The Morgan fingerprint density at radius 3 is 2.53 bits per heavy atom. The summed E-state index contributed by atoms with van der Waals surface area (Å²) in [5.74, 6) is -0.188. The highest BCUT2D eigenvalue weighted by atomic mass is 32.2. The predicted octanol–water partition coefficient (Wildman–Crippen LogP) is 3.93. The zero-order chi connectivity index (χ0) is 24.8. The third-order valence-electron chi connectivity index (χ3n) is 4.78. The number of para-hydroxylation sites is 1. The Balaban J connectivity index is 2.24. The Hall–Kier alpha value is -3.05. The lowest BCUT2D eigenvalue weighted by Crippen LogP contribution is -2.28. The monoisotopic (exact) mass is 490 g/mol. The summed E-state index contributed by atoms with van der Waals surface area (Å²) < 4.78 is 17.1. The Bertz CT molecular complexity index is 937. The number of rotatable bonds is 13. The van der Waals surface area contributed by atoms with Crippen molar-refractivity contribution in [1.82, 2.24) is 5.48 Å². The molecule has 0 spiro atoms. The zero-order valence-corrected chi connectivity index (χ0v) is 19.9. The molecule has 184 valence electrons. The largest absolute Gasteiger partial charge is 0.491 e. The van der Waals surface area contributed by atoms with E-state index in [1.807, 2.05) is 18.4 Å². The van der Waals surface area contributed by atoms with Gasteiger partial charge in [0, 0.05) is 29.3 Å². The molecule has 2 atom stereocenters. The summed E-state index contributed by atoms with van der Waals surface area (Å²) in [6, 6.07) is 14.4. The maximum Gasteiger partial charge on any atom is 0.412 e. The van der Waals surface area contributed by atoms with Crippen LogP contribution in [0.4, 0.5) is 10.5 Å². The fraction of sp³-hybridized carbons (Fsp3) is 0.333. The number of aliphatic hydroxyl groups excluding tert-OH is 1. The summed E-state index contributed by atoms with van der Waals surface area (Å²) in [6.07, 6.45) is 3.48. The lowest BCUT2D eigenvalue weighted by Gasteiger charge is -2.27. The number of amides is 2. The van der Waals surface area contributed by atoms with Crippen molar-refractivity contribution in [2.45, 2.75) is 29.9 Å². The van der Waals surface area contributed by atoms with Gasteiger partial charge in [0.15, 0.2) is 6.10 Å². The van der Waals surface area contributed by atoms with Crippen molar-refractivity contribution in [3.63, 3.8) is 0 Å². The third-order valence-corrected chi connectivity index (χ3v) is 5.53. The van der Waals surface area contributed by atoms with E-state index in [0.29, 0.717) is 29.8 Å². The van der Waals surface area contributed by atoms with Gasteiger partial charge in [0.05, 0.1) is 12.7 Å². The molecule has 0 bridgehead atoms. The van der Waals surface area contributed by atoms with Crippen molar-refractivity contribution in [1.29, 1.82) is 0 Å². The van der Waals surface area contributed by atoms with Crippen molar-refractivity contribution in [3.8, 4) is 5.75 Å². The molecule has 10 heteroatoms. The number of benzene rings is 2. The van der Waals surface area contributed by atoms with E-state index in [-0.39, 0.29) is 13.2 Å². The average Bonchev–Trinajstić information content (AvgIpc) is 2.87. The molecular weight excluding hydrogens is 460 g/mol. The third kappa shape index (κ3) is 8.71. The maximum absolute atomic E-state index is 12.8. The van der Waals surface area contributed by atoms with E-state index in [0.717, 1.165) is 4.90 Å². The van der Waals surface area contributed by atoms with Crippen molar-refractivity contribution in [2.24, 2.45) is 0 Å². The normalized spacial score (nSPS) is 12.7. The summed E-state index contributed by atoms with van der Waals surface area (Å²) in [5.41, 5.74) is 2.68. The second-order valence-corrected chi connectivity index (χ2v) is 7.90. The predicted molar refractivity (Wildman–Crippen MR) is 129 cm³/mol. The minimum absolute atomic E-state index is 0.0778. The van der Waals surface area contributed by atoms with Crippen molar-refractivity contribution < 1.29 is 34.1 Å². The minimum Gasteiger partial charge on any atom is -0.491 e. The number of allylic oxidation sites excluding steroid dienone is 1. The van der Waals surface area contributed by atoms with Crippen LogP contribution in [0.2, 0.25) is 0 Å². The Morgan fingerprint density at radius 1 is 1.15 bits per heavy atom. The number of carbonyl (C=O) groups excluding carboxylic acids is 2. The molecule has 0 aromatic heterocycles. The summed E-state index contributed by atoms with van der Waals surface area (Å²) in [6.45, 7) is -0.0911. The molecule has 0 aliphatic heterocycles. The fourth-order valence-electron chi connectivity index (χ4n) is 3.16. The van der Waals surface area contributed by atoms with Crippen LogP contribution in [-0.4, -0.2) is 55.0 Å². The van der Waals surface area contributed by atoms with Crippen LogP contribution >= 0.6 is 11.8 Å². The van der Waals surface area contributed by atoms with Crippen molar-refractivity contribution >= 4 is 29.4 Å². The molecule has 4 N–H and O–H groups in total. The van der Waals surface area contributed by atoms with Gasteiger partial charge < -0.3 is 19.3 Å². The maximum atomic E-state index is 12.8. The lowest BCUT2D eigenvalue weighted by atomic mass is 9.99. The molecule has 0 unspecified atom stereocenters. The summed E-state index contributed by atoms with van der Waals surface area (Å²) in [7, 11) is 1.50. The van der Waals surface area contributed by atoms with Gasteiger partial charge in [-0.15, -0.1) is 11.8 Å². The molecule has 0 saturated heterocycles. The van der Waals surface area contributed by atoms with Gasteiger partial charge in [-0.25, -0.2) is 10.3 Å². The fourth-order valence-corrected chi connectivity index (χ4v) is 3.57. The minimum atomic E-state index is -0.842. The number of hydrogen-bond acceptors (Lipinski definition) is 8.